The topological polar surface area (TPSA) is 21.3 Å². The number of hydrogen-bond acceptors (Lipinski definition) is 2. The minimum atomic E-state index is 0.0958. The molecule has 96 valence electrons. The van der Waals surface area contributed by atoms with Gasteiger partial charge in [-0.2, -0.15) is 5.48 Å². The molecule has 0 saturated carbocycles. The van der Waals surface area contributed by atoms with Crippen LogP contribution in [0, 0.1) is 5.92 Å². The zero-order chi connectivity index (χ0) is 12.8. The van der Waals surface area contributed by atoms with Gasteiger partial charge in [0.25, 0.3) is 0 Å². The molecule has 0 bridgehead atoms. The molecule has 0 radical (unpaired) electrons. The lowest BCUT2D eigenvalue weighted by Crippen LogP contribution is -2.23. The van der Waals surface area contributed by atoms with E-state index in [2.05, 4.69) is 26.3 Å². The predicted molar refractivity (Wildman–Crippen MR) is 73.4 cm³/mol. The largest absolute Gasteiger partial charge is 0.301 e. The number of benzene rings is 1. The average Bonchev–Trinajstić information content (AvgIpc) is 2.25. The first-order valence-electron chi connectivity index (χ1n) is 5.86. The summed E-state index contributed by atoms with van der Waals surface area (Å²) in [4.78, 5) is 5.45. The third-order valence-electron chi connectivity index (χ3n) is 2.39. The molecule has 0 fully saturated rings. The van der Waals surface area contributed by atoms with Gasteiger partial charge in [0.05, 0.1) is 12.6 Å². The van der Waals surface area contributed by atoms with Crippen molar-refractivity contribution in [2.75, 3.05) is 6.61 Å². The van der Waals surface area contributed by atoms with Gasteiger partial charge in [-0.1, -0.05) is 50.0 Å². The normalized spacial score (nSPS) is 13.1. The summed E-state index contributed by atoms with van der Waals surface area (Å²) in [5.41, 5.74) is 4.07. The van der Waals surface area contributed by atoms with Gasteiger partial charge in [0.1, 0.15) is 0 Å². The van der Waals surface area contributed by atoms with Crippen molar-refractivity contribution in [3.8, 4) is 0 Å². The van der Waals surface area contributed by atoms with Crippen molar-refractivity contribution in [2.45, 2.75) is 33.2 Å². The van der Waals surface area contributed by atoms with Gasteiger partial charge in [0, 0.05) is 10.0 Å². The summed E-state index contributed by atoms with van der Waals surface area (Å²) >= 11 is 12.0. The molecule has 2 nitrogen and oxygen atoms in total. The van der Waals surface area contributed by atoms with E-state index in [1.165, 1.54) is 0 Å². The molecule has 1 unspecified atom stereocenters. The van der Waals surface area contributed by atoms with Crippen LogP contribution in [0.2, 0.25) is 10.0 Å². The maximum absolute atomic E-state index is 6.16. The molecule has 0 aliphatic heterocycles. The van der Waals surface area contributed by atoms with E-state index in [0.717, 1.165) is 12.0 Å². The third kappa shape index (κ3) is 4.84. The average molecular weight is 276 g/mol. The Morgan fingerprint density at radius 2 is 2.00 bits per heavy atom. The van der Waals surface area contributed by atoms with Gasteiger partial charge in [-0.3, -0.25) is 0 Å². The van der Waals surface area contributed by atoms with Gasteiger partial charge in [-0.15, -0.1) is 0 Å². The number of hydroxylamine groups is 1. The van der Waals surface area contributed by atoms with Crippen molar-refractivity contribution in [1.82, 2.24) is 5.48 Å². The predicted octanol–water partition coefficient (Wildman–Crippen LogP) is 4.62. The molecule has 0 spiro atoms. The van der Waals surface area contributed by atoms with Gasteiger partial charge in [-0.05, 0) is 30.0 Å². The van der Waals surface area contributed by atoms with Crippen molar-refractivity contribution in [1.29, 1.82) is 0 Å². The molecule has 1 aromatic carbocycles. The molecule has 0 saturated heterocycles. The summed E-state index contributed by atoms with van der Waals surface area (Å²) in [7, 11) is 0. The third-order valence-corrected chi connectivity index (χ3v) is 2.95. The molecule has 17 heavy (non-hydrogen) atoms. The molecule has 1 aromatic rings. The molecule has 0 heterocycles. The van der Waals surface area contributed by atoms with Gasteiger partial charge in [0.2, 0.25) is 0 Å². The minimum absolute atomic E-state index is 0.0958. The standard InChI is InChI=1S/C13H19Cl2NO/c1-4-13(16-17-8-9(2)3)11-6-5-10(14)7-12(11)15/h5-7,9,13,16H,4,8H2,1-3H3. The molecular formula is C13H19Cl2NO. The Bertz CT molecular complexity index is 355. The van der Waals surface area contributed by atoms with Gasteiger partial charge >= 0.3 is 0 Å². The van der Waals surface area contributed by atoms with Crippen molar-refractivity contribution in [2.24, 2.45) is 5.92 Å². The number of nitrogens with one attached hydrogen (secondary N) is 1. The molecule has 0 aliphatic carbocycles. The van der Waals surface area contributed by atoms with Crippen LogP contribution >= 0.6 is 23.2 Å². The second-order valence-electron chi connectivity index (χ2n) is 4.45. The summed E-state index contributed by atoms with van der Waals surface area (Å²) < 4.78 is 0. The fourth-order valence-electron chi connectivity index (χ4n) is 1.47. The highest BCUT2D eigenvalue weighted by atomic mass is 35.5. The SMILES string of the molecule is CCC(NOCC(C)C)c1ccc(Cl)cc1Cl. The van der Waals surface area contributed by atoms with Gasteiger partial charge < -0.3 is 4.84 Å². The second kappa shape index (κ2) is 7.22. The Kier molecular flexibility index (Phi) is 6.28. The van der Waals surface area contributed by atoms with E-state index in [1.807, 2.05) is 12.1 Å². The van der Waals surface area contributed by atoms with Crippen molar-refractivity contribution < 1.29 is 4.84 Å². The van der Waals surface area contributed by atoms with E-state index in [0.29, 0.717) is 22.6 Å². The molecule has 1 rings (SSSR count). The zero-order valence-electron chi connectivity index (χ0n) is 10.5. The van der Waals surface area contributed by atoms with E-state index in [1.54, 1.807) is 6.07 Å². The fourth-order valence-corrected chi connectivity index (χ4v) is 2.01. The number of rotatable bonds is 6. The minimum Gasteiger partial charge on any atom is -0.301 e. The van der Waals surface area contributed by atoms with Crippen molar-refractivity contribution in [3.05, 3.63) is 33.8 Å². The Hall–Kier alpha value is -0.280. The smallest absolute Gasteiger partial charge is 0.0705 e. The number of halogens is 2. The summed E-state index contributed by atoms with van der Waals surface area (Å²) in [6.45, 7) is 6.98. The highest BCUT2D eigenvalue weighted by Crippen LogP contribution is 2.27. The lowest BCUT2D eigenvalue weighted by molar-refractivity contribution is -0.000562. The highest BCUT2D eigenvalue weighted by Gasteiger charge is 2.13. The maximum Gasteiger partial charge on any atom is 0.0705 e. The molecule has 0 aliphatic rings. The van der Waals surface area contributed by atoms with Crippen LogP contribution < -0.4 is 5.48 Å². The Labute approximate surface area is 113 Å². The van der Waals surface area contributed by atoms with E-state index < -0.39 is 0 Å². The van der Waals surface area contributed by atoms with Gasteiger partial charge in [-0.25, -0.2) is 0 Å². The molecule has 0 aromatic heterocycles. The van der Waals surface area contributed by atoms with E-state index in [9.17, 15) is 0 Å². The van der Waals surface area contributed by atoms with Crippen molar-refractivity contribution in [3.63, 3.8) is 0 Å². The van der Waals surface area contributed by atoms with E-state index >= 15 is 0 Å². The zero-order valence-corrected chi connectivity index (χ0v) is 12.0. The first kappa shape index (κ1) is 14.8. The van der Waals surface area contributed by atoms with Crippen LogP contribution in [0.5, 0.6) is 0 Å². The Balaban J connectivity index is 2.66. The van der Waals surface area contributed by atoms with E-state index in [-0.39, 0.29) is 6.04 Å². The van der Waals surface area contributed by atoms with Crippen LogP contribution in [0.15, 0.2) is 18.2 Å². The monoisotopic (exact) mass is 275 g/mol. The van der Waals surface area contributed by atoms with Crippen molar-refractivity contribution >= 4 is 23.2 Å². The Morgan fingerprint density at radius 3 is 2.53 bits per heavy atom. The lowest BCUT2D eigenvalue weighted by atomic mass is 10.1. The summed E-state index contributed by atoms with van der Waals surface area (Å²) in [5, 5.41) is 1.32. The highest BCUT2D eigenvalue weighted by molar-refractivity contribution is 6.35. The van der Waals surface area contributed by atoms with Crippen LogP contribution in [0.1, 0.15) is 38.8 Å². The molecule has 0 amide bonds. The van der Waals surface area contributed by atoms with Crippen LogP contribution in [-0.4, -0.2) is 6.61 Å². The molecular weight excluding hydrogens is 257 g/mol. The van der Waals surface area contributed by atoms with Gasteiger partial charge in [0.15, 0.2) is 0 Å². The summed E-state index contributed by atoms with van der Waals surface area (Å²) in [5.74, 6) is 0.501. The summed E-state index contributed by atoms with van der Waals surface area (Å²) in [6, 6.07) is 5.63. The number of hydrogen-bond donors (Lipinski definition) is 1. The summed E-state index contributed by atoms with van der Waals surface area (Å²) in [6.07, 6.45) is 0.902. The van der Waals surface area contributed by atoms with Crippen LogP contribution in [0.4, 0.5) is 0 Å². The maximum atomic E-state index is 6.16. The fraction of sp³-hybridized carbons (Fsp3) is 0.538. The van der Waals surface area contributed by atoms with Crippen LogP contribution in [-0.2, 0) is 4.84 Å². The molecule has 1 atom stereocenters. The first-order valence-corrected chi connectivity index (χ1v) is 6.62. The second-order valence-corrected chi connectivity index (χ2v) is 5.29. The van der Waals surface area contributed by atoms with Crippen LogP contribution in [0.25, 0.3) is 0 Å². The first-order chi connectivity index (χ1) is 8.04. The molecule has 1 N–H and O–H groups in total. The lowest BCUT2D eigenvalue weighted by Gasteiger charge is -2.19. The van der Waals surface area contributed by atoms with Crippen LogP contribution in [0.3, 0.4) is 0 Å². The Morgan fingerprint density at radius 1 is 1.29 bits per heavy atom. The molecule has 4 heteroatoms. The van der Waals surface area contributed by atoms with E-state index in [4.69, 9.17) is 28.0 Å². The quantitative estimate of drug-likeness (QED) is 0.765.